The van der Waals surface area contributed by atoms with E-state index in [1.165, 1.54) is 7.11 Å². The summed E-state index contributed by atoms with van der Waals surface area (Å²) >= 11 is 0. The number of aliphatic carboxylic acids is 1. The van der Waals surface area contributed by atoms with Crippen molar-refractivity contribution >= 4 is 12.0 Å². The van der Waals surface area contributed by atoms with Gasteiger partial charge < -0.3 is 25.4 Å². The first-order chi connectivity index (χ1) is 8.35. The van der Waals surface area contributed by atoms with Crippen LogP contribution in [0.15, 0.2) is 0 Å². The molecule has 0 fully saturated rings. The number of likely N-dealkylation sites (N-methyl/N-ethyl adjacent to an activating group) is 1. The number of amides is 2. The van der Waals surface area contributed by atoms with Gasteiger partial charge >= 0.3 is 12.0 Å². The molecule has 7 heteroatoms. The minimum absolute atomic E-state index is 0.0143. The molecule has 18 heavy (non-hydrogen) atoms. The molecule has 3 N–H and O–H groups in total. The normalized spacial score (nSPS) is 14.1. The number of hydrogen-bond donors (Lipinski definition) is 3. The van der Waals surface area contributed by atoms with Crippen LogP contribution in [0, 0.1) is 0 Å². The Labute approximate surface area is 107 Å². The molecule has 0 spiro atoms. The van der Waals surface area contributed by atoms with E-state index >= 15 is 0 Å². The van der Waals surface area contributed by atoms with Gasteiger partial charge in [-0.2, -0.15) is 0 Å². The van der Waals surface area contributed by atoms with Gasteiger partial charge in [0.15, 0.2) is 0 Å². The van der Waals surface area contributed by atoms with E-state index < -0.39 is 12.1 Å². The number of nitrogens with zero attached hydrogens (tertiary/aromatic N) is 1. The van der Waals surface area contributed by atoms with Crippen molar-refractivity contribution in [2.75, 3.05) is 34.3 Å². The Kier molecular flexibility index (Phi) is 8.06. The summed E-state index contributed by atoms with van der Waals surface area (Å²) in [6.07, 6.45) is -0.651. The Morgan fingerprint density at radius 3 is 2.44 bits per heavy atom. The van der Waals surface area contributed by atoms with E-state index in [1.807, 2.05) is 25.9 Å². The fraction of sp³-hybridized carbons (Fsp3) is 0.818. The number of ether oxygens (including phenoxy) is 1. The van der Waals surface area contributed by atoms with Crippen LogP contribution < -0.4 is 10.6 Å². The van der Waals surface area contributed by atoms with Gasteiger partial charge in [-0.3, -0.25) is 4.79 Å². The summed E-state index contributed by atoms with van der Waals surface area (Å²) in [6.45, 7) is 2.80. The van der Waals surface area contributed by atoms with Gasteiger partial charge in [0, 0.05) is 26.2 Å². The molecule has 0 bridgehead atoms. The number of carboxylic acid groups (broad SMARTS) is 1. The predicted molar refractivity (Wildman–Crippen MR) is 67.6 cm³/mol. The molecule has 0 aromatic rings. The van der Waals surface area contributed by atoms with Crippen LogP contribution in [0.25, 0.3) is 0 Å². The third-order valence-electron chi connectivity index (χ3n) is 2.24. The molecule has 0 saturated carbocycles. The van der Waals surface area contributed by atoms with Crippen LogP contribution in [-0.2, 0) is 9.53 Å². The average molecular weight is 261 g/mol. The van der Waals surface area contributed by atoms with E-state index in [-0.39, 0.29) is 25.0 Å². The van der Waals surface area contributed by atoms with Gasteiger partial charge in [-0.1, -0.05) is 0 Å². The van der Waals surface area contributed by atoms with E-state index in [4.69, 9.17) is 9.84 Å². The SMILES string of the molecule is COC(CNC(=O)NC(C)CN(C)C)CC(=O)O. The average Bonchev–Trinajstić information content (AvgIpc) is 2.22. The van der Waals surface area contributed by atoms with Crippen molar-refractivity contribution < 1.29 is 19.4 Å². The Hall–Kier alpha value is -1.34. The highest BCUT2D eigenvalue weighted by Crippen LogP contribution is 1.95. The predicted octanol–water partition coefficient (Wildman–Crippen LogP) is -0.275. The smallest absolute Gasteiger partial charge is 0.315 e. The summed E-state index contributed by atoms with van der Waals surface area (Å²) < 4.78 is 4.95. The van der Waals surface area contributed by atoms with E-state index in [0.717, 1.165) is 6.54 Å². The van der Waals surface area contributed by atoms with Gasteiger partial charge in [-0.05, 0) is 21.0 Å². The fourth-order valence-corrected chi connectivity index (χ4v) is 1.51. The van der Waals surface area contributed by atoms with Crippen LogP contribution >= 0.6 is 0 Å². The number of hydrogen-bond acceptors (Lipinski definition) is 4. The molecule has 7 nitrogen and oxygen atoms in total. The zero-order valence-corrected chi connectivity index (χ0v) is 11.4. The van der Waals surface area contributed by atoms with Crippen molar-refractivity contribution in [3.63, 3.8) is 0 Å². The molecule has 0 aliphatic rings. The second-order valence-corrected chi connectivity index (χ2v) is 4.47. The molecule has 0 saturated heterocycles. The summed E-state index contributed by atoms with van der Waals surface area (Å²) in [4.78, 5) is 24.0. The number of carbonyl (C=O) groups is 2. The quantitative estimate of drug-likeness (QED) is 0.559. The Morgan fingerprint density at radius 2 is 2.00 bits per heavy atom. The van der Waals surface area contributed by atoms with Gasteiger partial charge in [0.05, 0.1) is 12.5 Å². The molecule has 0 radical (unpaired) electrons. The molecule has 0 aromatic heterocycles. The number of urea groups is 1. The third-order valence-corrected chi connectivity index (χ3v) is 2.24. The third kappa shape index (κ3) is 8.77. The van der Waals surface area contributed by atoms with E-state index in [9.17, 15) is 9.59 Å². The van der Waals surface area contributed by atoms with Gasteiger partial charge in [0.1, 0.15) is 0 Å². The van der Waals surface area contributed by atoms with E-state index in [1.54, 1.807) is 0 Å². The monoisotopic (exact) mass is 261 g/mol. The van der Waals surface area contributed by atoms with Gasteiger partial charge in [0.25, 0.3) is 0 Å². The molecule has 0 aliphatic heterocycles. The minimum Gasteiger partial charge on any atom is -0.481 e. The lowest BCUT2D eigenvalue weighted by atomic mass is 10.2. The van der Waals surface area contributed by atoms with Crippen molar-refractivity contribution in [1.82, 2.24) is 15.5 Å². The van der Waals surface area contributed by atoms with Crippen LogP contribution in [0.3, 0.4) is 0 Å². The summed E-state index contributed by atoms with van der Waals surface area (Å²) in [5.74, 6) is -0.954. The highest BCUT2D eigenvalue weighted by Gasteiger charge is 2.14. The molecule has 0 aliphatic carbocycles. The van der Waals surface area contributed by atoms with Crippen molar-refractivity contribution in [1.29, 1.82) is 0 Å². The maximum Gasteiger partial charge on any atom is 0.315 e. The molecular weight excluding hydrogens is 238 g/mol. The van der Waals surface area contributed by atoms with E-state index in [2.05, 4.69) is 10.6 Å². The zero-order valence-electron chi connectivity index (χ0n) is 11.4. The lowest BCUT2D eigenvalue weighted by Gasteiger charge is -2.19. The topological polar surface area (TPSA) is 90.9 Å². The first-order valence-corrected chi connectivity index (χ1v) is 5.78. The second-order valence-electron chi connectivity index (χ2n) is 4.47. The summed E-state index contributed by atoms with van der Waals surface area (Å²) in [5, 5.41) is 13.9. The molecule has 0 aromatic carbocycles. The first-order valence-electron chi connectivity index (χ1n) is 5.78. The van der Waals surface area contributed by atoms with Crippen molar-refractivity contribution in [3.05, 3.63) is 0 Å². The molecule has 0 rings (SSSR count). The lowest BCUT2D eigenvalue weighted by Crippen LogP contribution is -2.47. The van der Waals surface area contributed by atoms with Gasteiger partial charge in [0.2, 0.25) is 0 Å². The minimum atomic E-state index is -0.954. The lowest BCUT2D eigenvalue weighted by molar-refractivity contribution is -0.139. The number of carbonyl (C=O) groups excluding carboxylic acids is 1. The maximum atomic E-state index is 11.5. The zero-order chi connectivity index (χ0) is 14.1. The van der Waals surface area contributed by atoms with E-state index in [0.29, 0.717) is 0 Å². The Balaban J connectivity index is 3.90. The van der Waals surface area contributed by atoms with Gasteiger partial charge in [-0.15, -0.1) is 0 Å². The highest BCUT2D eigenvalue weighted by molar-refractivity contribution is 5.74. The number of nitrogens with one attached hydrogen (secondary N) is 2. The largest absolute Gasteiger partial charge is 0.481 e. The molecule has 0 heterocycles. The summed E-state index contributed by atoms with van der Waals surface area (Å²) in [7, 11) is 5.26. The van der Waals surface area contributed by atoms with Crippen molar-refractivity contribution in [2.45, 2.75) is 25.5 Å². The summed E-state index contributed by atoms with van der Waals surface area (Å²) in [6, 6.07) is -0.308. The van der Waals surface area contributed by atoms with Crippen molar-refractivity contribution in [3.8, 4) is 0 Å². The maximum absolute atomic E-state index is 11.5. The second kappa shape index (κ2) is 8.71. The molecule has 106 valence electrons. The Morgan fingerprint density at radius 1 is 1.39 bits per heavy atom. The van der Waals surface area contributed by atoms with Crippen LogP contribution in [0.4, 0.5) is 4.79 Å². The highest BCUT2D eigenvalue weighted by atomic mass is 16.5. The summed E-state index contributed by atoms with van der Waals surface area (Å²) in [5.41, 5.74) is 0. The fourth-order valence-electron chi connectivity index (χ4n) is 1.51. The number of rotatable bonds is 8. The van der Waals surface area contributed by atoms with Crippen LogP contribution in [-0.4, -0.2) is 68.4 Å². The van der Waals surface area contributed by atoms with Crippen LogP contribution in [0.5, 0.6) is 0 Å². The van der Waals surface area contributed by atoms with Crippen LogP contribution in [0.1, 0.15) is 13.3 Å². The number of carboxylic acids is 1. The van der Waals surface area contributed by atoms with Gasteiger partial charge in [-0.25, -0.2) is 4.79 Å². The number of methoxy groups -OCH3 is 1. The standard InChI is InChI=1S/C11H23N3O4/c1-8(7-14(2)3)13-11(17)12-6-9(18-4)5-10(15)16/h8-9H,5-7H2,1-4H3,(H,15,16)(H2,12,13,17). The Bertz CT molecular complexity index is 271. The van der Waals surface area contributed by atoms with Crippen molar-refractivity contribution in [2.24, 2.45) is 0 Å². The van der Waals surface area contributed by atoms with Crippen LogP contribution in [0.2, 0.25) is 0 Å². The molecule has 2 unspecified atom stereocenters. The molecular formula is C11H23N3O4. The molecule has 2 atom stereocenters. The first kappa shape index (κ1) is 16.7. The molecule has 2 amide bonds.